The van der Waals surface area contributed by atoms with Gasteiger partial charge in [-0.25, -0.2) is 9.97 Å². The summed E-state index contributed by atoms with van der Waals surface area (Å²) in [6.45, 7) is 1.90. The molecule has 0 aliphatic carbocycles. The molecule has 0 saturated heterocycles. The van der Waals surface area contributed by atoms with Crippen LogP contribution in [0.25, 0.3) is 0 Å². The van der Waals surface area contributed by atoms with E-state index >= 15 is 0 Å². The summed E-state index contributed by atoms with van der Waals surface area (Å²) in [5, 5.41) is 9.42. The third-order valence-electron chi connectivity index (χ3n) is 3.59. The van der Waals surface area contributed by atoms with Gasteiger partial charge in [-0.3, -0.25) is 9.69 Å². The SMILES string of the molecule is O=C(O)C1CN(Cc2ccncn2)Cc2ccccc21. The van der Waals surface area contributed by atoms with E-state index in [1.165, 1.54) is 6.33 Å². The summed E-state index contributed by atoms with van der Waals surface area (Å²) < 4.78 is 0. The fourth-order valence-electron chi connectivity index (χ4n) is 2.65. The lowest BCUT2D eigenvalue weighted by atomic mass is 9.90. The lowest BCUT2D eigenvalue weighted by molar-refractivity contribution is -0.139. The number of aromatic nitrogens is 2. The molecule has 2 heterocycles. The lowest BCUT2D eigenvalue weighted by Gasteiger charge is -2.32. The molecule has 1 atom stereocenters. The third kappa shape index (κ3) is 2.53. The van der Waals surface area contributed by atoms with E-state index < -0.39 is 11.9 Å². The molecule has 0 amide bonds. The van der Waals surface area contributed by atoms with E-state index in [0.717, 1.165) is 23.4 Å². The molecule has 2 aromatic rings. The Bertz CT molecular complexity index is 616. The Morgan fingerprint density at radius 3 is 2.95 bits per heavy atom. The van der Waals surface area contributed by atoms with E-state index in [1.54, 1.807) is 6.20 Å². The maximum Gasteiger partial charge on any atom is 0.312 e. The van der Waals surface area contributed by atoms with Gasteiger partial charge < -0.3 is 5.11 Å². The zero-order valence-electron chi connectivity index (χ0n) is 10.9. The fraction of sp³-hybridized carbons (Fsp3) is 0.267. The number of aliphatic carboxylic acids is 1. The van der Waals surface area contributed by atoms with Crippen molar-refractivity contribution in [2.24, 2.45) is 0 Å². The molecule has 0 spiro atoms. The number of fused-ring (bicyclic) bond motifs is 1. The normalized spacial score (nSPS) is 18.5. The van der Waals surface area contributed by atoms with Crippen molar-refractivity contribution in [1.29, 1.82) is 0 Å². The number of nitrogens with zero attached hydrogens (tertiary/aromatic N) is 3. The van der Waals surface area contributed by atoms with Crippen molar-refractivity contribution in [3.05, 3.63) is 59.7 Å². The van der Waals surface area contributed by atoms with Crippen LogP contribution in [0.15, 0.2) is 42.9 Å². The van der Waals surface area contributed by atoms with Crippen molar-refractivity contribution in [1.82, 2.24) is 14.9 Å². The van der Waals surface area contributed by atoms with Gasteiger partial charge >= 0.3 is 5.97 Å². The predicted molar refractivity (Wildman–Crippen MR) is 73.0 cm³/mol. The van der Waals surface area contributed by atoms with Gasteiger partial charge in [0.25, 0.3) is 0 Å². The quantitative estimate of drug-likeness (QED) is 0.918. The number of carboxylic acids is 1. The molecule has 1 aromatic carbocycles. The third-order valence-corrected chi connectivity index (χ3v) is 3.59. The number of hydrogen-bond acceptors (Lipinski definition) is 4. The Hall–Kier alpha value is -2.27. The van der Waals surface area contributed by atoms with E-state index in [2.05, 4.69) is 14.9 Å². The molecule has 5 heteroatoms. The Kier molecular flexibility index (Phi) is 3.43. The first-order valence-electron chi connectivity index (χ1n) is 6.52. The molecule has 3 rings (SSSR count). The van der Waals surface area contributed by atoms with Crippen LogP contribution in [-0.4, -0.2) is 32.5 Å². The van der Waals surface area contributed by atoms with Crippen LogP contribution < -0.4 is 0 Å². The second-order valence-electron chi connectivity index (χ2n) is 4.96. The molecular formula is C15H15N3O2. The highest BCUT2D eigenvalue weighted by molar-refractivity contribution is 5.77. The maximum atomic E-state index is 11.5. The Balaban J connectivity index is 1.85. The Labute approximate surface area is 116 Å². The van der Waals surface area contributed by atoms with Crippen LogP contribution in [0, 0.1) is 0 Å². The second-order valence-corrected chi connectivity index (χ2v) is 4.96. The molecule has 20 heavy (non-hydrogen) atoms. The summed E-state index contributed by atoms with van der Waals surface area (Å²) in [6, 6.07) is 9.62. The summed E-state index contributed by atoms with van der Waals surface area (Å²) in [6.07, 6.45) is 3.22. The monoisotopic (exact) mass is 269 g/mol. The summed E-state index contributed by atoms with van der Waals surface area (Å²) >= 11 is 0. The maximum absolute atomic E-state index is 11.5. The van der Waals surface area contributed by atoms with Crippen LogP contribution in [0.4, 0.5) is 0 Å². The zero-order valence-corrected chi connectivity index (χ0v) is 10.9. The zero-order chi connectivity index (χ0) is 13.9. The van der Waals surface area contributed by atoms with Crippen LogP contribution >= 0.6 is 0 Å². The molecule has 5 nitrogen and oxygen atoms in total. The molecule has 102 valence electrons. The molecule has 0 saturated carbocycles. The average Bonchev–Trinajstić information content (AvgIpc) is 2.47. The molecular weight excluding hydrogens is 254 g/mol. The van der Waals surface area contributed by atoms with Crippen molar-refractivity contribution in [3.8, 4) is 0 Å². The number of hydrogen-bond donors (Lipinski definition) is 1. The Morgan fingerprint density at radius 1 is 1.35 bits per heavy atom. The van der Waals surface area contributed by atoms with Crippen molar-refractivity contribution in [2.75, 3.05) is 6.54 Å². The van der Waals surface area contributed by atoms with Crippen molar-refractivity contribution < 1.29 is 9.90 Å². The van der Waals surface area contributed by atoms with E-state index in [1.807, 2.05) is 30.3 Å². The topological polar surface area (TPSA) is 66.3 Å². The number of carboxylic acid groups (broad SMARTS) is 1. The van der Waals surface area contributed by atoms with Crippen LogP contribution in [0.2, 0.25) is 0 Å². The first-order valence-corrected chi connectivity index (χ1v) is 6.52. The molecule has 1 N–H and O–H groups in total. The van der Waals surface area contributed by atoms with Gasteiger partial charge in [-0.15, -0.1) is 0 Å². The molecule has 1 aromatic heterocycles. The van der Waals surface area contributed by atoms with E-state index in [9.17, 15) is 9.90 Å². The van der Waals surface area contributed by atoms with Crippen molar-refractivity contribution in [3.63, 3.8) is 0 Å². The highest BCUT2D eigenvalue weighted by atomic mass is 16.4. The number of rotatable bonds is 3. The van der Waals surface area contributed by atoms with Crippen LogP contribution in [0.5, 0.6) is 0 Å². The van der Waals surface area contributed by atoms with E-state index in [4.69, 9.17) is 0 Å². The molecule has 1 aliphatic heterocycles. The smallest absolute Gasteiger partial charge is 0.312 e. The van der Waals surface area contributed by atoms with Gasteiger partial charge in [0, 0.05) is 25.8 Å². The number of carbonyl (C=O) groups is 1. The Morgan fingerprint density at radius 2 is 2.20 bits per heavy atom. The predicted octanol–water partition coefficient (Wildman–Crippen LogP) is 1.66. The van der Waals surface area contributed by atoms with E-state index in [0.29, 0.717) is 13.1 Å². The highest BCUT2D eigenvalue weighted by Crippen LogP contribution is 2.29. The van der Waals surface area contributed by atoms with E-state index in [-0.39, 0.29) is 0 Å². The first kappa shape index (κ1) is 12.7. The minimum atomic E-state index is -0.773. The van der Waals surface area contributed by atoms with Gasteiger partial charge in [-0.05, 0) is 17.2 Å². The minimum Gasteiger partial charge on any atom is -0.481 e. The number of benzene rings is 1. The van der Waals surface area contributed by atoms with Crippen LogP contribution in [-0.2, 0) is 17.9 Å². The molecule has 1 aliphatic rings. The fourth-order valence-corrected chi connectivity index (χ4v) is 2.65. The first-order chi connectivity index (χ1) is 9.74. The van der Waals surface area contributed by atoms with Crippen LogP contribution in [0.3, 0.4) is 0 Å². The van der Waals surface area contributed by atoms with Crippen molar-refractivity contribution in [2.45, 2.75) is 19.0 Å². The molecule has 0 bridgehead atoms. The summed E-state index contributed by atoms with van der Waals surface area (Å²) in [5.41, 5.74) is 2.92. The van der Waals surface area contributed by atoms with Gasteiger partial charge in [-0.1, -0.05) is 24.3 Å². The summed E-state index contributed by atoms with van der Waals surface area (Å²) in [5.74, 6) is -1.24. The molecule has 1 unspecified atom stereocenters. The standard InChI is InChI=1S/C15H15N3O2/c19-15(20)14-9-18(8-12-5-6-16-10-17-12)7-11-3-1-2-4-13(11)14/h1-6,10,14H,7-9H2,(H,19,20). The molecule has 0 radical (unpaired) electrons. The average molecular weight is 269 g/mol. The van der Waals surface area contributed by atoms with Gasteiger partial charge in [0.05, 0.1) is 11.6 Å². The second kappa shape index (κ2) is 5.38. The summed E-state index contributed by atoms with van der Waals surface area (Å²) in [7, 11) is 0. The minimum absolute atomic E-state index is 0.471. The molecule has 0 fully saturated rings. The van der Waals surface area contributed by atoms with Gasteiger partial charge in [-0.2, -0.15) is 0 Å². The van der Waals surface area contributed by atoms with Gasteiger partial charge in [0.2, 0.25) is 0 Å². The lowest BCUT2D eigenvalue weighted by Crippen LogP contribution is -2.36. The van der Waals surface area contributed by atoms with Gasteiger partial charge in [0.15, 0.2) is 0 Å². The highest BCUT2D eigenvalue weighted by Gasteiger charge is 2.30. The summed E-state index contributed by atoms with van der Waals surface area (Å²) in [4.78, 5) is 21.7. The van der Waals surface area contributed by atoms with Crippen molar-refractivity contribution >= 4 is 5.97 Å². The largest absolute Gasteiger partial charge is 0.481 e. The van der Waals surface area contributed by atoms with Gasteiger partial charge in [0.1, 0.15) is 6.33 Å². The van der Waals surface area contributed by atoms with Crippen LogP contribution in [0.1, 0.15) is 22.7 Å².